The molecular weight excluding hydrogens is 615 g/mol. The Morgan fingerprint density at radius 1 is 1.19 bits per heavy atom. The standard InChI is InChI=1S/C34H36F3N5O5/c1-32(31(45)42-26(14-19-8-4-3-5-9-19)30(44)40-13-7-12-27(40)33(42,46)47-32)38-29(43)21-15-23-22-10-6-11-24-28(22)20(16-25(23)39(2)17-21)18-41(24)34(35,36)37/h3-6,8-11,18,21,23,25-27,46H,7,12-17H2,1-2H3,(H,38,43)/t21?,23-,25-,26+,27+,32-,33+/m1/s1/i15D,23D/t15?,21?,23-,25-,26+,27+,32-,33+. The average Bonchev–Trinajstić information content (AvgIpc) is 3.74. The van der Waals surface area contributed by atoms with Crippen LogP contribution in [0.1, 0.15) is 51.5 Å². The number of fused-ring (bicyclic) bond motifs is 5. The number of benzene rings is 2. The molecule has 3 aromatic rings. The van der Waals surface area contributed by atoms with Crippen LogP contribution in [0.15, 0.2) is 54.7 Å². The highest BCUT2D eigenvalue weighted by molar-refractivity contribution is 5.97. The maximum atomic E-state index is 14.3. The van der Waals surface area contributed by atoms with Gasteiger partial charge in [-0.1, -0.05) is 42.5 Å². The molecule has 5 aliphatic rings. The topological polar surface area (TPSA) is 107 Å². The monoisotopic (exact) mass is 653 g/mol. The fraction of sp³-hybridized carbons (Fsp3) is 0.500. The van der Waals surface area contributed by atoms with Crippen molar-refractivity contribution in [1.29, 1.82) is 0 Å². The first-order valence-electron chi connectivity index (χ1n) is 16.9. The number of nitrogens with zero attached hydrogens (tertiary/aromatic N) is 4. The number of nitrogens with one attached hydrogen (secondary N) is 1. The smallest absolute Gasteiger partial charge is 0.347 e. The van der Waals surface area contributed by atoms with Gasteiger partial charge in [-0.2, -0.15) is 0 Å². The third-order valence-electron chi connectivity index (χ3n) is 10.5. The number of aliphatic hydroxyl groups is 1. The number of alkyl halides is 3. The van der Waals surface area contributed by atoms with Crippen molar-refractivity contribution in [3.63, 3.8) is 0 Å². The summed E-state index contributed by atoms with van der Waals surface area (Å²) < 4.78 is 67.3. The molecule has 4 fully saturated rings. The molecule has 8 atom stereocenters. The molecule has 0 bridgehead atoms. The van der Waals surface area contributed by atoms with Gasteiger partial charge in [0.1, 0.15) is 12.1 Å². The van der Waals surface area contributed by atoms with Crippen LogP contribution in [0, 0.1) is 5.92 Å². The number of hydrogen-bond acceptors (Lipinski definition) is 6. The number of halogens is 3. The molecule has 8 rings (SSSR count). The van der Waals surface area contributed by atoms with Crippen molar-refractivity contribution in [1.82, 2.24) is 24.6 Å². The van der Waals surface area contributed by atoms with E-state index in [9.17, 15) is 35.4 Å². The molecule has 2 unspecified atom stereocenters. The number of hydrogen-bond donors (Lipinski definition) is 2. The van der Waals surface area contributed by atoms with Crippen molar-refractivity contribution in [3.05, 3.63) is 71.4 Å². The van der Waals surface area contributed by atoms with Crippen molar-refractivity contribution in [2.24, 2.45) is 5.92 Å². The molecule has 0 spiro atoms. The first-order chi connectivity index (χ1) is 23.1. The maximum absolute atomic E-state index is 14.3. The summed E-state index contributed by atoms with van der Waals surface area (Å²) in [6, 6.07) is 10.7. The van der Waals surface area contributed by atoms with Gasteiger partial charge in [0.15, 0.2) is 0 Å². The summed E-state index contributed by atoms with van der Waals surface area (Å²) in [5.74, 6) is -7.14. The number of amides is 3. The van der Waals surface area contributed by atoms with Crippen LogP contribution in [0.3, 0.4) is 0 Å². The number of piperazine rings is 1. The number of likely N-dealkylation sites (tertiary alicyclic amines) is 1. The van der Waals surface area contributed by atoms with Gasteiger partial charge in [0.05, 0.1) is 11.4 Å². The van der Waals surface area contributed by atoms with Gasteiger partial charge < -0.3 is 20.2 Å². The molecule has 1 aromatic heterocycles. The first kappa shape index (κ1) is 28.1. The van der Waals surface area contributed by atoms with Gasteiger partial charge in [0.25, 0.3) is 11.8 Å². The van der Waals surface area contributed by atoms with Crippen LogP contribution in [-0.2, 0) is 38.3 Å². The summed E-state index contributed by atoms with van der Waals surface area (Å²) in [4.78, 5) is 46.5. The normalized spacial score (nSPS) is 37.4. The van der Waals surface area contributed by atoms with Crippen LogP contribution in [0.2, 0.25) is 0 Å². The summed E-state index contributed by atoms with van der Waals surface area (Å²) in [6.45, 7) is 1.68. The fourth-order valence-electron chi connectivity index (χ4n) is 8.44. The third-order valence-corrected chi connectivity index (χ3v) is 10.5. The number of ether oxygens (including phenoxy) is 1. The van der Waals surface area contributed by atoms with E-state index in [4.69, 9.17) is 4.74 Å². The fourth-order valence-corrected chi connectivity index (χ4v) is 8.44. The second-order valence-electron chi connectivity index (χ2n) is 13.4. The number of carbonyl (C=O) groups excluding carboxylic acids is 3. The Morgan fingerprint density at radius 2 is 1.96 bits per heavy atom. The van der Waals surface area contributed by atoms with E-state index in [0.717, 1.165) is 16.7 Å². The van der Waals surface area contributed by atoms with E-state index in [1.165, 1.54) is 24.0 Å². The predicted molar refractivity (Wildman–Crippen MR) is 162 cm³/mol. The van der Waals surface area contributed by atoms with E-state index in [0.29, 0.717) is 24.9 Å². The van der Waals surface area contributed by atoms with Crippen molar-refractivity contribution < 1.29 is 40.1 Å². The zero-order valence-electron chi connectivity index (χ0n) is 27.8. The van der Waals surface area contributed by atoms with Crippen molar-refractivity contribution in [2.75, 3.05) is 20.1 Å². The Hall–Kier alpha value is -3.94. The Kier molecular flexibility index (Phi) is 6.15. The molecule has 2 N–H and O–H groups in total. The van der Waals surface area contributed by atoms with Crippen LogP contribution >= 0.6 is 0 Å². The summed E-state index contributed by atoms with van der Waals surface area (Å²) in [6.07, 6.45) is -3.92. The summed E-state index contributed by atoms with van der Waals surface area (Å²) in [5.41, 5.74) is -0.818. The third kappa shape index (κ3) is 4.46. The lowest BCUT2D eigenvalue weighted by Gasteiger charge is -2.48. The van der Waals surface area contributed by atoms with Crippen LogP contribution in [0.4, 0.5) is 13.2 Å². The number of carbonyl (C=O) groups is 3. The van der Waals surface area contributed by atoms with E-state index in [-0.39, 0.29) is 46.3 Å². The molecule has 5 heterocycles. The van der Waals surface area contributed by atoms with Crippen molar-refractivity contribution >= 4 is 28.6 Å². The van der Waals surface area contributed by atoms with Gasteiger partial charge in [-0.25, -0.2) is 0 Å². The van der Waals surface area contributed by atoms with E-state index >= 15 is 0 Å². The van der Waals surface area contributed by atoms with Crippen LogP contribution < -0.4 is 5.32 Å². The minimum absolute atomic E-state index is 0.0135. The van der Waals surface area contributed by atoms with Crippen LogP contribution in [-0.4, -0.2) is 92.0 Å². The van der Waals surface area contributed by atoms with Gasteiger partial charge >= 0.3 is 6.30 Å². The van der Waals surface area contributed by atoms with Crippen molar-refractivity contribution in [3.8, 4) is 0 Å². The SMILES string of the molecule is [2H]C1C(C(=O)N[C@]2(C)O[C@@]3(O)[C@@H]4CCCN4C(=O)[C@H](Cc4ccccc4)N3C2=O)CN(C)[C@@H]2Cc3cn(C(F)(F)F)c4cccc(c34)[C@@]12[2H]. The highest BCUT2D eigenvalue weighted by atomic mass is 19.4. The molecule has 13 heteroatoms. The molecule has 2 aromatic carbocycles. The Balaban J connectivity index is 1.12. The quantitative estimate of drug-likeness (QED) is 0.449. The summed E-state index contributed by atoms with van der Waals surface area (Å²) in [7, 11) is 1.67. The molecular formula is C34H36F3N5O5. The van der Waals surface area contributed by atoms with Crippen molar-refractivity contribution in [2.45, 2.75) is 81.0 Å². The summed E-state index contributed by atoms with van der Waals surface area (Å²) >= 11 is 0. The predicted octanol–water partition coefficient (Wildman–Crippen LogP) is 3.03. The minimum atomic E-state index is -4.69. The Bertz CT molecular complexity index is 1890. The minimum Gasteiger partial charge on any atom is -0.347 e. The molecule has 3 amide bonds. The number of likely N-dealkylation sites (N-methyl/N-ethyl adjacent to an activating group) is 1. The number of piperidine rings is 1. The average molecular weight is 654 g/mol. The molecule has 10 nitrogen and oxygen atoms in total. The van der Waals surface area contributed by atoms with E-state index < -0.39 is 66.1 Å². The lowest BCUT2D eigenvalue weighted by Crippen LogP contribution is -2.71. The molecule has 47 heavy (non-hydrogen) atoms. The Morgan fingerprint density at radius 3 is 2.70 bits per heavy atom. The first-order valence-corrected chi connectivity index (χ1v) is 15.9. The van der Waals surface area contributed by atoms with Gasteiger partial charge in [-0.15, -0.1) is 13.2 Å². The number of aromatic nitrogens is 1. The molecule has 0 radical (unpaired) electrons. The largest absolute Gasteiger partial charge is 0.488 e. The second-order valence-corrected chi connectivity index (χ2v) is 13.4. The van der Waals surface area contributed by atoms with Gasteiger partial charge in [-0.3, -0.25) is 28.6 Å². The lowest BCUT2D eigenvalue weighted by atomic mass is 9.72. The summed E-state index contributed by atoms with van der Waals surface area (Å²) in [5, 5.41) is 15.0. The molecule has 4 aliphatic heterocycles. The van der Waals surface area contributed by atoms with E-state index in [2.05, 4.69) is 5.32 Å². The molecule has 0 saturated carbocycles. The van der Waals surface area contributed by atoms with Crippen LogP contribution in [0.5, 0.6) is 0 Å². The van der Waals surface area contributed by atoms with Gasteiger partial charge in [0.2, 0.25) is 17.5 Å². The zero-order valence-corrected chi connectivity index (χ0v) is 25.8. The van der Waals surface area contributed by atoms with Gasteiger partial charge in [0, 0.05) is 45.8 Å². The lowest BCUT2D eigenvalue weighted by molar-refractivity contribution is -0.315. The van der Waals surface area contributed by atoms with E-state index in [1.807, 2.05) is 30.3 Å². The second kappa shape index (κ2) is 10.3. The van der Waals surface area contributed by atoms with Crippen LogP contribution in [0.25, 0.3) is 10.9 Å². The van der Waals surface area contributed by atoms with E-state index in [1.54, 1.807) is 18.0 Å². The molecule has 4 saturated heterocycles. The highest BCUT2D eigenvalue weighted by Gasteiger charge is 2.70. The maximum Gasteiger partial charge on any atom is 0.488 e. The molecule has 1 aliphatic carbocycles. The van der Waals surface area contributed by atoms with Gasteiger partial charge in [-0.05, 0) is 62.4 Å². The highest BCUT2D eigenvalue weighted by Crippen LogP contribution is 2.48. The zero-order chi connectivity index (χ0) is 34.8. The number of rotatable bonds is 4. The Labute approximate surface area is 271 Å². The molecule has 248 valence electrons.